The summed E-state index contributed by atoms with van der Waals surface area (Å²) in [5.41, 5.74) is 3.42. The molecule has 2 aromatic carbocycles. The van der Waals surface area contributed by atoms with E-state index in [0.717, 1.165) is 21.3 Å². The van der Waals surface area contributed by atoms with Gasteiger partial charge in [0, 0.05) is 18.7 Å². The van der Waals surface area contributed by atoms with Crippen LogP contribution in [0.15, 0.2) is 41.3 Å². The number of carbonyl (C=O) groups excluding carboxylic acids is 1. The number of anilines is 1. The molecule has 0 bridgehead atoms. The molecule has 2 heterocycles. The summed E-state index contributed by atoms with van der Waals surface area (Å²) in [7, 11) is -3.64. The molecule has 0 spiro atoms. The Balaban J connectivity index is 1.52. The predicted octanol–water partition coefficient (Wildman–Crippen LogP) is 3.96. The van der Waals surface area contributed by atoms with Crippen LogP contribution in [0.5, 0.6) is 0 Å². The number of nitrogens with one attached hydrogen (secondary N) is 1. The van der Waals surface area contributed by atoms with Crippen molar-refractivity contribution in [2.45, 2.75) is 44.8 Å². The van der Waals surface area contributed by atoms with E-state index in [9.17, 15) is 13.2 Å². The highest BCUT2D eigenvalue weighted by Crippen LogP contribution is 2.31. The summed E-state index contributed by atoms with van der Waals surface area (Å²) in [5.74, 6) is -0.327. The van der Waals surface area contributed by atoms with E-state index in [1.54, 1.807) is 0 Å². The van der Waals surface area contributed by atoms with Gasteiger partial charge in [0.1, 0.15) is 0 Å². The van der Waals surface area contributed by atoms with E-state index in [-0.39, 0.29) is 23.0 Å². The summed E-state index contributed by atoms with van der Waals surface area (Å²) >= 11 is 1.43. The number of sulfonamides is 1. The van der Waals surface area contributed by atoms with Gasteiger partial charge in [-0.1, -0.05) is 23.5 Å². The van der Waals surface area contributed by atoms with Crippen LogP contribution in [0.3, 0.4) is 0 Å². The number of amides is 1. The van der Waals surface area contributed by atoms with Gasteiger partial charge < -0.3 is 4.74 Å². The highest BCUT2D eigenvalue weighted by molar-refractivity contribution is 7.89. The summed E-state index contributed by atoms with van der Waals surface area (Å²) in [6, 6.07) is 10.1. The molecule has 1 N–H and O–H groups in total. The lowest BCUT2D eigenvalue weighted by Gasteiger charge is -2.34. The number of benzene rings is 2. The third kappa shape index (κ3) is 4.36. The van der Waals surface area contributed by atoms with Crippen LogP contribution in [0, 0.1) is 13.8 Å². The third-order valence-electron chi connectivity index (χ3n) is 5.30. The lowest BCUT2D eigenvalue weighted by molar-refractivity contribution is -0.0440. The van der Waals surface area contributed by atoms with Crippen molar-refractivity contribution in [1.29, 1.82) is 0 Å². The zero-order valence-electron chi connectivity index (χ0n) is 17.9. The molecule has 1 aliphatic heterocycles. The number of rotatable bonds is 4. The summed E-state index contributed by atoms with van der Waals surface area (Å²) in [4.78, 5) is 17.4. The Labute approximate surface area is 186 Å². The number of ether oxygens (including phenoxy) is 1. The number of aryl methyl sites for hydroxylation is 2. The minimum atomic E-state index is -3.64. The molecule has 9 heteroatoms. The van der Waals surface area contributed by atoms with Gasteiger partial charge in [-0.2, -0.15) is 4.31 Å². The van der Waals surface area contributed by atoms with Gasteiger partial charge in [-0.25, -0.2) is 13.4 Å². The quantitative estimate of drug-likeness (QED) is 0.638. The number of thiazole rings is 1. The number of nitrogens with zero attached hydrogens (tertiary/aromatic N) is 2. The third-order valence-corrected chi connectivity index (χ3v) is 8.26. The fourth-order valence-corrected chi connectivity index (χ4v) is 6.33. The Bertz CT molecular complexity index is 1190. The number of fused-ring (bicyclic) bond motifs is 1. The minimum Gasteiger partial charge on any atom is -0.373 e. The zero-order valence-corrected chi connectivity index (χ0v) is 19.5. The van der Waals surface area contributed by atoms with Crippen LogP contribution in [-0.4, -0.2) is 48.9 Å². The first-order valence-electron chi connectivity index (χ1n) is 10.1. The Morgan fingerprint density at radius 3 is 2.29 bits per heavy atom. The molecule has 2 unspecified atom stereocenters. The van der Waals surface area contributed by atoms with E-state index in [0.29, 0.717) is 23.8 Å². The molecule has 31 heavy (non-hydrogen) atoms. The topological polar surface area (TPSA) is 88.6 Å². The maximum absolute atomic E-state index is 13.0. The minimum absolute atomic E-state index is 0.162. The van der Waals surface area contributed by atoms with Crippen LogP contribution >= 0.6 is 11.3 Å². The largest absolute Gasteiger partial charge is 0.373 e. The SMILES string of the molecule is Cc1ccc(C)c2sc(NC(=O)c3ccc(S(=O)(=O)N4CC(C)OC(C)C4)cc3)nc12. The smallest absolute Gasteiger partial charge is 0.257 e. The molecular formula is C22H25N3O4S2. The highest BCUT2D eigenvalue weighted by atomic mass is 32.2. The fourth-order valence-electron chi connectivity index (χ4n) is 3.74. The van der Waals surface area contributed by atoms with E-state index in [4.69, 9.17) is 4.74 Å². The molecular weight excluding hydrogens is 434 g/mol. The van der Waals surface area contributed by atoms with Crippen molar-refractivity contribution in [1.82, 2.24) is 9.29 Å². The van der Waals surface area contributed by atoms with Crippen molar-refractivity contribution in [3.8, 4) is 0 Å². The second kappa shape index (κ2) is 8.31. The number of hydrogen-bond acceptors (Lipinski definition) is 6. The van der Waals surface area contributed by atoms with Crippen LogP contribution in [0.1, 0.15) is 35.3 Å². The van der Waals surface area contributed by atoms with E-state index < -0.39 is 10.0 Å². The lowest BCUT2D eigenvalue weighted by atomic mass is 10.1. The molecule has 1 aliphatic rings. The first-order chi connectivity index (χ1) is 14.6. The van der Waals surface area contributed by atoms with Crippen LogP contribution in [-0.2, 0) is 14.8 Å². The predicted molar refractivity (Wildman–Crippen MR) is 122 cm³/mol. The standard InChI is InChI=1S/C22H25N3O4S2/c1-13-5-6-14(2)20-19(13)23-22(30-20)24-21(26)17-7-9-18(10-8-17)31(27,28)25-11-15(3)29-16(4)12-25/h5-10,15-16H,11-12H2,1-4H3,(H,23,24,26). The van der Waals surface area contributed by atoms with Crippen molar-refractivity contribution < 1.29 is 17.9 Å². The Hall–Kier alpha value is -2.33. The van der Waals surface area contributed by atoms with Crippen molar-refractivity contribution in [3.05, 3.63) is 53.1 Å². The number of carbonyl (C=O) groups is 1. The number of aromatic nitrogens is 1. The normalized spacial score (nSPS) is 20.1. The molecule has 164 valence electrons. The van der Waals surface area contributed by atoms with Crippen LogP contribution in [0.4, 0.5) is 5.13 Å². The molecule has 3 aromatic rings. The van der Waals surface area contributed by atoms with Gasteiger partial charge in [0.15, 0.2) is 5.13 Å². The summed E-state index contributed by atoms with van der Waals surface area (Å²) in [5, 5.41) is 3.35. The molecule has 0 radical (unpaired) electrons. The van der Waals surface area contributed by atoms with Gasteiger partial charge in [0.25, 0.3) is 5.91 Å². The van der Waals surface area contributed by atoms with Crippen LogP contribution < -0.4 is 5.32 Å². The average molecular weight is 460 g/mol. The van der Waals surface area contributed by atoms with E-state index in [1.807, 2.05) is 39.8 Å². The van der Waals surface area contributed by atoms with Gasteiger partial charge in [0.05, 0.1) is 27.3 Å². The Morgan fingerprint density at radius 2 is 1.68 bits per heavy atom. The summed E-state index contributed by atoms with van der Waals surface area (Å²) in [6.45, 7) is 8.34. The van der Waals surface area contributed by atoms with Crippen molar-refractivity contribution >= 4 is 42.6 Å². The molecule has 7 nitrogen and oxygen atoms in total. The van der Waals surface area contributed by atoms with Gasteiger partial charge in [0.2, 0.25) is 10.0 Å². The molecule has 1 amide bonds. The van der Waals surface area contributed by atoms with E-state index >= 15 is 0 Å². The summed E-state index contributed by atoms with van der Waals surface area (Å²) in [6.07, 6.45) is -0.325. The molecule has 1 aromatic heterocycles. The van der Waals surface area contributed by atoms with Crippen LogP contribution in [0.2, 0.25) is 0 Å². The van der Waals surface area contributed by atoms with Gasteiger partial charge in [-0.15, -0.1) is 0 Å². The first-order valence-corrected chi connectivity index (χ1v) is 12.3. The van der Waals surface area contributed by atoms with Crippen molar-refractivity contribution in [2.24, 2.45) is 0 Å². The maximum atomic E-state index is 13.0. The number of morpholine rings is 1. The zero-order chi connectivity index (χ0) is 22.3. The van der Waals surface area contributed by atoms with Crippen molar-refractivity contribution in [2.75, 3.05) is 18.4 Å². The Morgan fingerprint density at radius 1 is 1.06 bits per heavy atom. The monoisotopic (exact) mass is 459 g/mol. The molecule has 0 aliphatic carbocycles. The molecule has 1 fully saturated rings. The van der Waals surface area contributed by atoms with Gasteiger partial charge >= 0.3 is 0 Å². The average Bonchev–Trinajstić information content (AvgIpc) is 3.15. The lowest BCUT2D eigenvalue weighted by Crippen LogP contribution is -2.48. The second-order valence-electron chi connectivity index (χ2n) is 7.95. The fraction of sp³-hybridized carbons (Fsp3) is 0.364. The van der Waals surface area contributed by atoms with E-state index in [2.05, 4.69) is 10.3 Å². The summed E-state index contributed by atoms with van der Waals surface area (Å²) < 4.78 is 34.1. The molecule has 0 saturated carbocycles. The van der Waals surface area contributed by atoms with Crippen molar-refractivity contribution in [3.63, 3.8) is 0 Å². The van der Waals surface area contributed by atoms with Gasteiger partial charge in [-0.3, -0.25) is 10.1 Å². The molecule has 2 atom stereocenters. The maximum Gasteiger partial charge on any atom is 0.257 e. The first kappa shape index (κ1) is 21.9. The van der Waals surface area contributed by atoms with Crippen LogP contribution in [0.25, 0.3) is 10.2 Å². The molecule has 1 saturated heterocycles. The highest BCUT2D eigenvalue weighted by Gasteiger charge is 2.32. The molecule has 4 rings (SSSR count). The van der Waals surface area contributed by atoms with Gasteiger partial charge in [-0.05, 0) is 63.1 Å². The second-order valence-corrected chi connectivity index (χ2v) is 10.9. The Kier molecular flexibility index (Phi) is 5.87. The van der Waals surface area contributed by atoms with E-state index in [1.165, 1.54) is 39.9 Å². The number of hydrogen-bond donors (Lipinski definition) is 1.